The van der Waals surface area contributed by atoms with Crippen molar-refractivity contribution in [2.45, 2.75) is 50.6 Å². The Morgan fingerprint density at radius 3 is 2.56 bits per heavy atom. The van der Waals surface area contributed by atoms with Crippen LogP contribution in [-0.2, 0) is 0 Å². The maximum absolute atomic E-state index is 3.85. The molecule has 0 heterocycles. The van der Waals surface area contributed by atoms with Crippen molar-refractivity contribution in [3.8, 4) is 0 Å². The van der Waals surface area contributed by atoms with Gasteiger partial charge in [0.05, 0.1) is 0 Å². The zero-order valence-corrected chi connectivity index (χ0v) is 10.0. The second-order valence-corrected chi connectivity index (χ2v) is 5.54. The molecule has 1 aromatic rings. The van der Waals surface area contributed by atoms with Gasteiger partial charge in [-0.05, 0) is 30.7 Å². The van der Waals surface area contributed by atoms with E-state index in [9.17, 15) is 0 Å². The highest BCUT2D eigenvalue weighted by atomic mass is 15.0. The quantitative estimate of drug-likeness (QED) is 0.815. The lowest BCUT2D eigenvalue weighted by molar-refractivity contribution is 0.421. The Morgan fingerprint density at radius 2 is 1.88 bits per heavy atom. The molecule has 16 heavy (non-hydrogen) atoms. The zero-order valence-electron chi connectivity index (χ0n) is 10.0. The molecular weight excluding hydrogens is 194 g/mol. The van der Waals surface area contributed by atoms with Crippen molar-refractivity contribution in [2.75, 3.05) is 0 Å². The van der Waals surface area contributed by atoms with E-state index in [1.807, 2.05) is 0 Å². The van der Waals surface area contributed by atoms with Crippen LogP contribution < -0.4 is 5.32 Å². The van der Waals surface area contributed by atoms with Gasteiger partial charge in [0, 0.05) is 18.0 Å². The SMILES string of the molecule is CC1CCCC1NC1CC1c1ccccc1. The predicted molar refractivity (Wildman–Crippen MR) is 67.5 cm³/mol. The summed E-state index contributed by atoms with van der Waals surface area (Å²) in [5, 5.41) is 3.85. The van der Waals surface area contributed by atoms with Gasteiger partial charge in [-0.1, -0.05) is 43.7 Å². The summed E-state index contributed by atoms with van der Waals surface area (Å²) in [5.74, 6) is 1.67. The second-order valence-electron chi connectivity index (χ2n) is 5.54. The molecule has 4 atom stereocenters. The highest BCUT2D eigenvalue weighted by Crippen LogP contribution is 2.42. The molecule has 4 unspecified atom stereocenters. The molecule has 2 saturated carbocycles. The van der Waals surface area contributed by atoms with Gasteiger partial charge in [-0.25, -0.2) is 0 Å². The Bertz CT molecular complexity index is 346. The molecular formula is C15H21N. The third-order valence-electron chi connectivity index (χ3n) is 4.31. The molecule has 2 fully saturated rings. The molecule has 0 aromatic heterocycles. The van der Waals surface area contributed by atoms with Crippen molar-refractivity contribution in [3.05, 3.63) is 35.9 Å². The van der Waals surface area contributed by atoms with Crippen LogP contribution in [0.3, 0.4) is 0 Å². The van der Waals surface area contributed by atoms with Crippen molar-refractivity contribution in [1.82, 2.24) is 5.32 Å². The Morgan fingerprint density at radius 1 is 1.06 bits per heavy atom. The van der Waals surface area contributed by atoms with E-state index in [4.69, 9.17) is 0 Å². The fourth-order valence-electron chi connectivity index (χ4n) is 3.12. The first kappa shape index (κ1) is 10.3. The van der Waals surface area contributed by atoms with Crippen molar-refractivity contribution in [1.29, 1.82) is 0 Å². The van der Waals surface area contributed by atoms with Gasteiger partial charge in [0.1, 0.15) is 0 Å². The minimum Gasteiger partial charge on any atom is -0.310 e. The third-order valence-corrected chi connectivity index (χ3v) is 4.31. The van der Waals surface area contributed by atoms with E-state index in [2.05, 4.69) is 42.6 Å². The average Bonchev–Trinajstić information content (AvgIpc) is 2.97. The summed E-state index contributed by atoms with van der Waals surface area (Å²) < 4.78 is 0. The van der Waals surface area contributed by atoms with Crippen LogP contribution >= 0.6 is 0 Å². The number of nitrogens with one attached hydrogen (secondary N) is 1. The largest absolute Gasteiger partial charge is 0.310 e. The minimum absolute atomic E-state index is 0.757. The zero-order chi connectivity index (χ0) is 11.0. The monoisotopic (exact) mass is 215 g/mol. The molecule has 0 saturated heterocycles. The molecule has 1 N–H and O–H groups in total. The molecule has 0 aliphatic heterocycles. The van der Waals surface area contributed by atoms with Crippen molar-refractivity contribution in [3.63, 3.8) is 0 Å². The lowest BCUT2D eigenvalue weighted by atomic mass is 10.1. The molecule has 0 radical (unpaired) electrons. The lowest BCUT2D eigenvalue weighted by Crippen LogP contribution is -2.33. The van der Waals surface area contributed by atoms with Gasteiger partial charge in [-0.15, -0.1) is 0 Å². The normalized spacial score (nSPS) is 37.6. The smallest absolute Gasteiger partial charge is 0.0145 e. The molecule has 1 aromatic carbocycles. The Kier molecular flexibility index (Phi) is 2.72. The summed E-state index contributed by atoms with van der Waals surface area (Å²) >= 11 is 0. The standard InChI is InChI=1S/C15H21N/c1-11-6-5-9-14(11)16-15-10-13(15)12-7-3-2-4-8-12/h2-4,7-8,11,13-16H,5-6,9-10H2,1H3. The second kappa shape index (κ2) is 4.21. The summed E-state index contributed by atoms with van der Waals surface area (Å²) in [4.78, 5) is 0. The minimum atomic E-state index is 0.757. The molecule has 0 bridgehead atoms. The van der Waals surface area contributed by atoms with Gasteiger partial charge in [0.15, 0.2) is 0 Å². The maximum atomic E-state index is 3.85. The molecule has 3 rings (SSSR count). The van der Waals surface area contributed by atoms with Crippen LogP contribution in [0.2, 0.25) is 0 Å². The fourth-order valence-corrected chi connectivity index (χ4v) is 3.12. The maximum Gasteiger partial charge on any atom is 0.0145 e. The van der Waals surface area contributed by atoms with Gasteiger partial charge in [-0.2, -0.15) is 0 Å². The van der Waals surface area contributed by atoms with Crippen LogP contribution in [0.25, 0.3) is 0 Å². The van der Waals surface area contributed by atoms with Crippen LogP contribution in [0.4, 0.5) is 0 Å². The molecule has 1 nitrogen and oxygen atoms in total. The van der Waals surface area contributed by atoms with Crippen LogP contribution in [0.5, 0.6) is 0 Å². The van der Waals surface area contributed by atoms with E-state index < -0.39 is 0 Å². The van der Waals surface area contributed by atoms with E-state index in [0.717, 1.165) is 23.9 Å². The predicted octanol–water partition coefficient (Wildman–Crippen LogP) is 3.32. The summed E-state index contributed by atoms with van der Waals surface area (Å²) in [6, 6.07) is 12.5. The van der Waals surface area contributed by atoms with Crippen LogP contribution in [0, 0.1) is 5.92 Å². The summed E-state index contributed by atoms with van der Waals surface area (Å²) in [5.41, 5.74) is 1.52. The molecule has 2 aliphatic rings. The summed E-state index contributed by atoms with van der Waals surface area (Å²) in [7, 11) is 0. The van der Waals surface area contributed by atoms with Gasteiger partial charge >= 0.3 is 0 Å². The van der Waals surface area contributed by atoms with Crippen molar-refractivity contribution < 1.29 is 0 Å². The first-order chi connectivity index (χ1) is 7.84. The molecule has 0 spiro atoms. The van der Waals surface area contributed by atoms with Gasteiger partial charge in [-0.3, -0.25) is 0 Å². The Balaban J connectivity index is 1.56. The molecule has 86 valence electrons. The van der Waals surface area contributed by atoms with Crippen LogP contribution in [0.1, 0.15) is 44.1 Å². The van der Waals surface area contributed by atoms with E-state index in [0.29, 0.717) is 0 Å². The van der Waals surface area contributed by atoms with Gasteiger partial charge in [0.25, 0.3) is 0 Å². The highest BCUT2D eigenvalue weighted by molar-refractivity contribution is 5.27. The van der Waals surface area contributed by atoms with Crippen LogP contribution in [0.15, 0.2) is 30.3 Å². The van der Waals surface area contributed by atoms with Gasteiger partial charge in [0.2, 0.25) is 0 Å². The summed E-state index contributed by atoms with van der Waals surface area (Å²) in [6.45, 7) is 2.39. The average molecular weight is 215 g/mol. The topological polar surface area (TPSA) is 12.0 Å². The number of rotatable bonds is 3. The van der Waals surface area contributed by atoms with Crippen LogP contribution in [-0.4, -0.2) is 12.1 Å². The highest BCUT2D eigenvalue weighted by Gasteiger charge is 2.40. The lowest BCUT2D eigenvalue weighted by Gasteiger charge is -2.17. The van der Waals surface area contributed by atoms with Gasteiger partial charge < -0.3 is 5.32 Å². The summed E-state index contributed by atoms with van der Waals surface area (Å²) in [6.07, 6.45) is 5.56. The third kappa shape index (κ3) is 2.01. The Hall–Kier alpha value is -0.820. The van der Waals surface area contributed by atoms with E-state index in [1.165, 1.54) is 31.2 Å². The first-order valence-electron chi connectivity index (χ1n) is 6.65. The van der Waals surface area contributed by atoms with E-state index >= 15 is 0 Å². The number of hydrogen-bond acceptors (Lipinski definition) is 1. The van der Waals surface area contributed by atoms with E-state index in [-0.39, 0.29) is 0 Å². The van der Waals surface area contributed by atoms with Crippen molar-refractivity contribution >= 4 is 0 Å². The number of hydrogen-bond donors (Lipinski definition) is 1. The molecule has 2 aliphatic carbocycles. The molecule has 0 amide bonds. The first-order valence-corrected chi connectivity index (χ1v) is 6.65. The number of benzene rings is 1. The Labute approximate surface area is 98.3 Å². The fraction of sp³-hybridized carbons (Fsp3) is 0.600. The molecule has 1 heteroatoms. The van der Waals surface area contributed by atoms with E-state index in [1.54, 1.807) is 0 Å². The van der Waals surface area contributed by atoms with Crippen molar-refractivity contribution in [2.24, 2.45) is 5.92 Å².